The van der Waals surface area contributed by atoms with E-state index < -0.39 is 0 Å². The summed E-state index contributed by atoms with van der Waals surface area (Å²) in [5, 5.41) is 16.7. The SMILES string of the molecule is Cn1ccc(C(=O)NCC2CCCCC2O)n1. The monoisotopic (exact) mass is 237 g/mol. The fraction of sp³-hybridized carbons (Fsp3) is 0.667. The van der Waals surface area contributed by atoms with Gasteiger partial charge in [0.25, 0.3) is 5.91 Å². The number of aromatic nitrogens is 2. The summed E-state index contributed by atoms with van der Waals surface area (Å²) in [5.41, 5.74) is 0.429. The van der Waals surface area contributed by atoms with Crippen LogP contribution in [0.15, 0.2) is 12.3 Å². The van der Waals surface area contributed by atoms with Crippen molar-refractivity contribution in [3.63, 3.8) is 0 Å². The number of carbonyl (C=O) groups excluding carboxylic acids is 1. The van der Waals surface area contributed by atoms with Gasteiger partial charge < -0.3 is 10.4 Å². The molecule has 94 valence electrons. The van der Waals surface area contributed by atoms with Crippen molar-refractivity contribution in [3.8, 4) is 0 Å². The van der Waals surface area contributed by atoms with E-state index in [0.29, 0.717) is 12.2 Å². The van der Waals surface area contributed by atoms with Crippen LogP contribution in [0.1, 0.15) is 36.2 Å². The van der Waals surface area contributed by atoms with Crippen LogP contribution in [0.25, 0.3) is 0 Å². The van der Waals surface area contributed by atoms with Gasteiger partial charge in [0.05, 0.1) is 6.10 Å². The third kappa shape index (κ3) is 3.06. The lowest BCUT2D eigenvalue weighted by Gasteiger charge is -2.27. The maximum atomic E-state index is 11.7. The number of hydrogen-bond acceptors (Lipinski definition) is 3. The minimum absolute atomic E-state index is 0.164. The average Bonchev–Trinajstić information content (AvgIpc) is 2.74. The van der Waals surface area contributed by atoms with Gasteiger partial charge in [0.1, 0.15) is 5.69 Å². The Balaban J connectivity index is 1.83. The number of aliphatic hydroxyl groups is 1. The van der Waals surface area contributed by atoms with E-state index >= 15 is 0 Å². The van der Waals surface area contributed by atoms with Gasteiger partial charge in [0.15, 0.2) is 0 Å². The van der Waals surface area contributed by atoms with Crippen LogP contribution in [0.3, 0.4) is 0 Å². The van der Waals surface area contributed by atoms with E-state index in [9.17, 15) is 9.90 Å². The molecule has 5 nitrogen and oxygen atoms in total. The van der Waals surface area contributed by atoms with Crippen molar-refractivity contribution in [2.75, 3.05) is 6.54 Å². The maximum Gasteiger partial charge on any atom is 0.271 e. The number of nitrogens with zero attached hydrogens (tertiary/aromatic N) is 2. The molecule has 0 spiro atoms. The zero-order valence-corrected chi connectivity index (χ0v) is 10.1. The fourth-order valence-corrected chi connectivity index (χ4v) is 2.28. The minimum Gasteiger partial charge on any atom is -0.393 e. The van der Waals surface area contributed by atoms with Crippen molar-refractivity contribution in [3.05, 3.63) is 18.0 Å². The lowest BCUT2D eigenvalue weighted by Crippen LogP contribution is -2.36. The van der Waals surface area contributed by atoms with Gasteiger partial charge in [-0.1, -0.05) is 12.8 Å². The highest BCUT2D eigenvalue weighted by molar-refractivity contribution is 5.92. The van der Waals surface area contributed by atoms with E-state index in [2.05, 4.69) is 10.4 Å². The molecule has 1 heterocycles. The molecule has 0 saturated heterocycles. The second-order valence-corrected chi connectivity index (χ2v) is 4.70. The maximum absolute atomic E-state index is 11.7. The predicted molar refractivity (Wildman–Crippen MR) is 63.5 cm³/mol. The Labute approximate surface area is 101 Å². The number of amides is 1. The third-order valence-electron chi connectivity index (χ3n) is 3.34. The zero-order valence-electron chi connectivity index (χ0n) is 10.1. The Hall–Kier alpha value is -1.36. The topological polar surface area (TPSA) is 67.2 Å². The summed E-state index contributed by atoms with van der Waals surface area (Å²) >= 11 is 0. The molecule has 2 rings (SSSR count). The number of carbonyl (C=O) groups is 1. The molecule has 1 amide bonds. The quantitative estimate of drug-likeness (QED) is 0.813. The molecule has 1 aromatic heterocycles. The first-order chi connectivity index (χ1) is 8.16. The summed E-state index contributed by atoms with van der Waals surface area (Å²) < 4.78 is 1.60. The molecule has 1 aliphatic carbocycles. The molecule has 0 bridgehead atoms. The van der Waals surface area contributed by atoms with Crippen LogP contribution in [-0.4, -0.2) is 33.4 Å². The summed E-state index contributed by atoms with van der Waals surface area (Å²) in [4.78, 5) is 11.7. The van der Waals surface area contributed by atoms with Crippen molar-refractivity contribution < 1.29 is 9.90 Å². The molecular weight excluding hydrogens is 218 g/mol. The molecule has 1 aliphatic rings. The molecule has 17 heavy (non-hydrogen) atoms. The van der Waals surface area contributed by atoms with Crippen LogP contribution in [-0.2, 0) is 7.05 Å². The standard InChI is InChI=1S/C12H19N3O2/c1-15-7-6-10(14-15)12(17)13-8-9-4-2-3-5-11(9)16/h6-7,9,11,16H,2-5,8H2,1H3,(H,13,17). The Morgan fingerprint density at radius 1 is 1.59 bits per heavy atom. The number of hydrogen-bond donors (Lipinski definition) is 2. The molecule has 2 N–H and O–H groups in total. The second-order valence-electron chi connectivity index (χ2n) is 4.70. The molecule has 0 aromatic carbocycles. The van der Waals surface area contributed by atoms with Crippen LogP contribution >= 0.6 is 0 Å². The van der Waals surface area contributed by atoms with Gasteiger partial charge in [-0.25, -0.2) is 0 Å². The Bertz CT molecular complexity index is 389. The molecule has 1 aromatic rings. The largest absolute Gasteiger partial charge is 0.393 e. The van der Waals surface area contributed by atoms with Gasteiger partial charge in [-0.15, -0.1) is 0 Å². The highest BCUT2D eigenvalue weighted by atomic mass is 16.3. The van der Waals surface area contributed by atoms with Crippen LogP contribution in [0.5, 0.6) is 0 Å². The van der Waals surface area contributed by atoms with E-state index in [1.54, 1.807) is 24.0 Å². The van der Waals surface area contributed by atoms with Gasteiger partial charge in [0, 0.05) is 25.7 Å². The van der Waals surface area contributed by atoms with Gasteiger partial charge >= 0.3 is 0 Å². The van der Waals surface area contributed by atoms with Crippen LogP contribution < -0.4 is 5.32 Å². The molecular formula is C12H19N3O2. The molecule has 2 unspecified atom stereocenters. The Kier molecular flexibility index (Phi) is 3.78. The Morgan fingerprint density at radius 2 is 2.35 bits per heavy atom. The smallest absolute Gasteiger partial charge is 0.271 e. The molecule has 1 saturated carbocycles. The first kappa shape index (κ1) is 12.1. The molecule has 2 atom stereocenters. The van der Waals surface area contributed by atoms with Crippen LogP contribution in [0.4, 0.5) is 0 Å². The first-order valence-corrected chi connectivity index (χ1v) is 6.12. The molecule has 5 heteroatoms. The number of nitrogens with one attached hydrogen (secondary N) is 1. The zero-order chi connectivity index (χ0) is 12.3. The van der Waals surface area contributed by atoms with E-state index in [0.717, 1.165) is 25.7 Å². The third-order valence-corrected chi connectivity index (χ3v) is 3.34. The lowest BCUT2D eigenvalue weighted by molar-refractivity contribution is 0.0661. The van der Waals surface area contributed by atoms with E-state index in [1.807, 2.05) is 0 Å². The first-order valence-electron chi connectivity index (χ1n) is 6.12. The number of rotatable bonds is 3. The normalized spacial score (nSPS) is 24.6. The highest BCUT2D eigenvalue weighted by Gasteiger charge is 2.23. The van der Waals surface area contributed by atoms with Crippen molar-refractivity contribution >= 4 is 5.91 Å². The summed E-state index contributed by atoms with van der Waals surface area (Å²) in [6, 6.07) is 1.69. The van der Waals surface area contributed by atoms with Crippen LogP contribution in [0.2, 0.25) is 0 Å². The summed E-state index contributed by atoms with van der Waals surface area (Å²) in [6.07, 6.45) is 5.54. The fourth-order valence-electron chi connectivity index (χ4n) is 2.28. The van der Waals surface area contributed by atoms with Crippen molar-refractivity contribution in [2.45, 2.75) is 31.8 Å². The van der Waals surface area contributed by atoms with Crippen molar-refractivity contribution in [2.24, 2.45) is 13.0 Å². The lowest BCUT2D eigenvalue weighted by atomic mass is 9.86. The highest BCUT2D eigenvalue weighted by Crippen LogP contribution is 2.23. The second kappa shape index (κ2) is 5.31. The summed E-state index contributed by atoms with van der Waals surface area (Å²) in [5.74, 6) is 0.0276. The van der Waals surface area contributed by atoms with Gasteiger partial charge in [-0.3, -0.25) is 9.48 Å². The Morgan fingerprint density at radius 3 is 3.00 bits per heavy atom. The molecule has 0 aliphatic heterocycles. The molecule has 1 fully saturated rings. The van der Waals surface area contributed by atoms with Crippen molar-refractivity contribution in [1.82, 2.24) is 15.1 Å². The van der Waals surface area contributed by atoms with E-state index in [-0.39, 0.29) is 17.9 Å². The van der Waals surface area contributed by atoms with E-state index in [4.69, 9.17) is 0 Å². The minimum atomic E-state index is -0.271. The van der Waals surface area contributed by atoms with Gasteiger partial charge in [0.2, 0.25) is 0 Å². The summed E-state index contributed by atoms with van der Waals surface area (Å²) in [7, 11) is 1.78. The van der Waals surface area contributed by atoms with Crippen LogP contribution in [0, 0.1) is 5.92 Å². The average molecular weight is 237 g/mol. The number of aliphatic hydroxyl groups excluding tert-OH is 1. The molecule has 0 radical (unpaired) electrons. The number of aryl methyl sites for hydroxylation is 1. The van der Waals surface area contributed by atoms with E-state index in [1.165, 1.54) is 0 Å². The van der Waals surface area contributed by atoms with Gasteiger partial charge in [-0.05, 0) is 18.9 Å². The summed E-state index contributed by atoms with van der Waals surface area (Å²) in [6.45, 7) is 0.538. The van der Waals surface area contributed by atoms with Crippen molar-refractivity contribution in [1.29, 1.82) is 0 Å². The predicted octanol–water partition coefficient (Wildman–Crippen LogP) is 0.701. The van der Waals surface area contributed by atoms with Gasteiger partial charge in [-0.2, -0.15) is 5.10 Å².